The molecule has 140 valence electrons. The summed E-state index contributed by atoms with van der Waals surface area (Å²) < 4.78 is 10.6. The SMILES string of the molecule is COc1ccc2[nH]c(-c3cc(C)c(OC(=O)CC(=O)O)c(C)c3)c(C)c2c1. The van der Waals surface area contributed by atoms with Crippen molar-refractivity contribution >= 4 is 22.8 Å². The highest BCUT2D eigenvalue weighted by molar-refractivity contribution is 5.93. The van der Waals surface area contributed by atoms with E-state index in [0.717, 1.165) is 44.6 Å². The summed E-state index contributed by atoms with van der Waals surface area (Å²) in [6.45, 7) is 5.71. The van der Waals surface area contributed by atoms with Crippen LogP contribution < -0.4 is 9.47 Å². The van der Waals surface area contributed by atoms with Gasteiger partial charge in [0.1, 0.15) is 17.9 Å². The van der Waals surface area contributed by atoms with Crippen molar-refractivity contribution in [2.75, 3.05) is 7.11 Å². The summed E-state index contributed by atoms with van der Waals surface area (Å²) >= 11 is 0. The van der Waals surface area contributed by atoms with Crippen LogP contribution in [-0.4, -0.2) is 29.1 Å². The number of aryl methyl sites for hydroxylation is 3. The van der Waals surface area contributed by atoms with Crippen molar-refractivity contribution in [3.05, 3.63) is 47.0 Å². The lowest BCUT2D eigenvalue weighted by Gasteiger charge is -2.12. The highest BCUT2D eigenvalue weighted by Gasteiger charge is 2.17. The number of carboxylic acid groups (broad SMARTS) is 1. The highest BCUT2D eigenvalue weighted by atomic mass is 16.5. The van der Waals surface area contributed by atoms with Crippen LogP contribution in [0.25, 0.3) is 22.2 Å². The molecule has 0 fully saturated rings. The third kappa shape index (κ3) is 3.65. The van der Waals surface area contributed by atoms with Gasteiger partial charge < -0.3 is 19.6 Å². The van der Waals surface area contributed by atoms with Crippen molar-refractivity contribution < 1.29 is 24.2 Å². The van der Waals surface area contributed by atoms with Crippen LogP contribution in [0.5, 0.6) is 11.5 Å². The number of hydrogen-bond donors (Lipinski definition) is 2. The average molecular weight is 367 g/mol. The van der Waals surface area contributed by atoms with E-state index in [1.54, 1.807) is 7.11 Å². The average Bonchev–Trinajstić information content (AvgIpc) is 2.93. The lowest BCUT2D eigenvalue weighted by molar-refractivity contribution is -0.145. The monoisotopic (exact) mass is 367 g/mol. The number of hydrogen-bond acceptors (Lipinski definition) is 4. The molecule has 1 aromatic heterocycles. The summed E-state index contributed by atoms with van der Waals surface area (Å²) in [5, 5.41) is 9.80. The number of ether oxygens (including phenoxy) is 2. The Hall–Kier alpha value is -3.28. The maximum Gasteiger partial charge on any atom is 0.322 e. The van der Waals surface area contributed by atoms with E-state index in [0.29, 0.717) is 5.75 Å². The molecule has 2 N–H and O–H groups in total. The second kappa shape index (κ2) is 7.15. The lowest BCUT2D eigenvalue weighted by Crippen LogP contribution is -2.14. The molecule has 0 radical (unpaired) electrons. The first-order valence-electron chi connectivity index (χ1n) is 8.50. The molecule has 3 aromatic rings. The van der Waals surface area contributed by atoms with Gasteiger partial charge in [-0.15, -0.1) is 0 Å². The number of aromatic amines is 1. The van der Waals surface area contributed by atoms with Crippen molar-refractivity contribution in [1.29, 1.82) is 0 Å². The van der Waals surface area contributed by atoms with Crippen molar-refractivity contribution in [3.63, 3.8) is 0 Å². The van der Waals surface area contributed by atoms with Crippen molar-refractivity contribution in [2.24, 2.45) is 0 Å². The Morgan fingerprint density at radius 2 is 1.74 bits per heavy atom. The normalized spacial score (nSPS) is 10.8. The van der Waals surface area contributed by atoms with Crippen LogP contribution in [0.1, 0.15) is 23.1 Å². The molecule has 0 atom stereocenters. The van der Waals surface area contributed by atoms with Gasteiger partial charge >= 0.3 is 11.9 Å². The van der Waals surface area contributed by atoms with Crippen LogP contribution in [0.4, 0.5) is 0 Å². The largest absolute Gasteiger partial charge is 0.497 e. The molecule has 0 bridgehead atoms. The molecule has 0 unspecified atom stereocenters. The van der Waals surface area contributed by atoms with Crippen LogP contribution in [0.2, 0.25) is 0 Å². The number of rotatable bonds is 5. The molecular formula is C21H21NO5. The number of nitrogens with one attached hydrogen (secondary N) is 1. The fourth-order valence-electron chi connectivity index (χ4n) is 3.25. The first kappa shape index (κ1) is 18.5. The molecule has 0 amide bonds. The first-order chi connectivity index (χ1) is 12.8. The van der Waals surface area contributed by atoms with Crippen LogP contribution in [0.3, 0.4) is 0 Å². The van der Waals surface area contributed by atoms with E-state index in [4.69, 9.17) is 14.6 Å². The second-order valence-corrected chi connectivity index (χ2v) is 6.52. The number of H-pyrrole nitrogens is 1. The Morgan fingerprint density at radius 3 is 2.33 bits per heavy atom. The van der Waals surface area contributed by atoms with Gasteiger partial charge in [0.05, 0.1) is 7.11 Å². The molecule has 0 aliphatic rings. The smallest absolute Gasteiger partial charge is 0.322 e. The molecule has 0 saturated heterocycles. The van der Waals surface area contributed by atoms with E-state index in [-0.39, 0.29) is 0 Å². The lowest BCUT2D eigenvalue weighted by atomic mass is 10.0. The van der Waals surface area contributed by atoms with Crippen LogP contribution in [0, 0.1) is 20.8 Å². The van der Waals surface area contributed by atoms with Gasteiger partial charge in [0.15, 0.2) is 0 Å². The number of aliphatic carboxylic acids is 1. The summed E-state index contributed by atoms with van der Waals surface area (Å²) in [6, 6.07) is 9.72. The number of fused-ring (bicyclic) bond motifs is 1. The Morgan fingerprint density at radius 1 is 1.07 bits per heavy atom. The van der Waals surface area contributed by atoms with Crippen LogP contribution >= 0.6 is 0 Å². The van der Waals surface area contributed by atoms with Gasteiger partial charge in [0, 0.05) is 16.6 Å². The number of carbonyl (C=O) groups is 2. The summed E-state index contributed by atoms with van der Waals surface area (Å²) in [5.74, 6) is -0.795. The van der Waals surface area contributed by atoms with Gasteiger partial charge in [-0.25, -0.2) is 0 Å². The molecule has 2 aromatic carbocycles. The zero-order chi connectivity index (χ0) is 19.7. The minimum absolute atomic E-state index is 0.403. The van der Waals surface area contributed by atoms with Gasteiger partial charge in [-0.1, -0.05) is 0 Å². The minimum Gasteiger partial charge on any atom is -0.497 e. The number of methoxy groups -OCH3 is 1. The molecular weight excluding hydrogens is 346 g/mol. The number of carboxylic acids is 1. The van der Waals surface area contributed by atoms with E-state index in [2.05, 4.69) is 4.98 Å². The Labute approximate surface area is 156 Å². The molecule has 0 spiro atoms. The van der Waals surface area contributed by atoms with Gasteiger partial charge in [-0.05, 0) is 73.4 Å². The summed E-state index contributed by atoms with van der Waals surface area (Å²) in [6.07, 6.45) is -0.663. The molecule has 0 aliphatic carbocycles. The Balaban J connectivity index is 2.01. The fraction of sp³-hybridized carbons (Fsp3) is 0.238. The summed E-state index contributed by atoms with van der Waals surface area (Å²) in [7, 11) is 1.64. The number of benzene rings is 2. The molecule has 27 heavy (non-hydrogen) atoms. The standard InChI is InChI=1S/C21H21NO5/c1-11-7-14(8-12(2)21(11)27-19(25)10-18(23)24)20-13(3)16-9-15(26-4)5-6-17(16)22-20/h5-9,22H,10H2,1-4H3,(H,23,24). The number of aromatic nitrogens is 1. The fourth-order valence-corrected chi connectivity index (χ4v) is 3.25. The van der Waals surface area contributed by atoms with Crippen molar-refractivity contribution in [3.8, 4) is 22.8 Å². The van der Waals surface area contributed by atoms with E-state index < -0.39 is 18.4 Å². The zero-order valence-electron chi connectivity index (χ0n) is 15.7. The van der Waals surface area contributed by atoms with E-state index in [1.165, 1.54) is 0 Å². The van der Waals surface area contributed by atoms with Crippen molar-refractivity contribution in [1.82, 2.24) is 4.98 Å². The molecule has 0 saturated carbocycles. The van der Waals surface area contributed by atoms with Gasteiger partial charge in [-0.2, -0.15) is 0 Å². The molecule has 3 rings (SSSR count). The Bertz CT molecular complexity index is 1030. The predicted octanol–water partition coefficient (Wildman–Crippen LogP) is 4.15. The quantitative estimate of drug-likeness (QED) is 0.402. The molecule has 1 heterocycles. The molecule has 6 nitrogen and oxygen atoms in total. The maximum atomic E-state index is 11.7. The first-order valence-corrected chi connectivity index (χ1v) is 8.50. The topological polar surface area (TPSA) is 88.6 Å². The van der Waals surface area contributed by atoms with E-state index >= 15 is 0 Å². The molecule has 6 heteroatoms. The molecule has 0 aliphatic heterocycles. The van der Waals surface area contributed by atoms with E-state index in [1.807, 2.05) is 51.1 Å². The predicted molar refractivity (Wildman–Crippen MR) is 102 cm³/mol. The third-order valence-electron chi connectivity index (χ3n) is 4.53. The highest BCUT2D eigenvalue weighted by Crippen LogP contribution is 2.35. The maximum absolute atomic E-state index is 11.7. The minimum atomic E-state index is -1.21. The number of esters is 1. The van der Waals surface area contributed by atoms with Gasteiger partial charge in [-0.3, -0.25) is 9.59 Å². The summed E-state index contributed by atoms with van der Waals surface area (Å²) in [4.78, 5) is 25.8. The van der Waals surface area contributed by atoms with Gasteiger partial charge in [0.25, 0.3) is 0 Å². The van der Waals surface area contributed by atoms with Crippen molar-refractivity contribution in [2.45, 2.75) is 27.2 Å². The van der Waals surface area contributed by atoms with Crippen LogP contribution in [-0.2, 0) is 9.59 Å². The third-order valence-corrected chi connectivity index (χ3v) is 4.53. The van der Waals surface area contributed by atoms with Gasteiger partial charge in [0.2, 0.25) is 0 Å². The zero-order valence-corrected chi connectivity index (χ0v) is 15.7. The second-order valence-electron chi connectivity index (χ2n) is 6.52. The Kier molecular flexibility index (Phi) is 4.90. The van der Waals surface area contributed by atoms with E-state index in [9.17, 15) is 9.59 Å². The van der Waals surface area contributed by atoms with Crippen LogP contribution in [0.15, 0.2) is 30.3 Å². The summed E-state index contributed by atoms with van der Waals surface area (Å²) in [5.41, 5.74) is 5.58. The number of carbonyl (C=O) groups excluding carboxylic acids is 1.